The lowest BCUT2D eigenvalue weighted by atomic mass is 10.0. The third kappa shape index (κ3) is 4.75. The predicted octanol–water partition coefficient (Wildman–Crippen LogP) is 2.83. The van der Waals surface area contributed by atoms with Crippen molar-refractivity contribution in [2.24, 2.45) is 0 Å². The smallest absolute Gasteiger partial charge is 0.260 e. The quantitative estimate of drug-likeness (QED) is 0.448. The first-order valence-corrected chi connectivity index (χ1v) is 11.7. The van der Waals surface area contributed by atoms with Crippen molar-refractivity contribution in [3.05, 3.63) is 94.0 Å². The number of aryl methyl sites for hydroxylation is 1. The van der Waals surface area contributed by atoms with Crippen LogP contribution in [0.4, 0.5) is 4.39 Å². The number of nitrogens with zero attached hydrogens (tertiary/aromatic N) is 3. The lowest BCUT2D eigenvalue weighted by molar-refractivity contribution is -0.0260. The number of aliphatic hydroxyl groups excluding tert-OH is 1. The van der Waals surface area contributed by atoms with Gasteiger partial charge in [0, 0.05) is 36.5 Å². The maximum absolute atomic E-state index is 15.1. The van der Waals surface area contributed by atoms with E-state index in [4.69, 9.17) is 4.74 Å². The molecular formula is C27H25FN4O4. The van der Waals surface area contributed by atoms with Gasteiger partial charge in [-0.3, -0.25) is 19.6 Å². The topological polar surface area (TPSA) is 106 Å². The van der Waals surface area contributed by atoms with Gasteiger partial charge < -0.3 is 19.7 Å². The maximum atomic E-state index is 15.1. The Kier molecular flexibility index (Phi) is 6.58. The average Bonchev–Trinajstić information content (AvgIpc) is 2.88. The van der Waals surface area contributed by atoms with E-state index in [1.165, 1.54) is 23.0 Å². The summed E-state index contributed by atoms with van der Waals surface area (Å²) in [6, 6.07) is 11.3. The van der Waals surface area contributed by atoms with E-state index >= 15 is 4.39 Å². The van der Waals surface area contributed by atoms with Crippen LogP contribution in [0, 0.1) is 12.7 Å². The van der Waals surface area contributed by atoms with E-state index in [9.17, 15) is 14.7 Å². The Morgan fingerprint density at radius 1 is 1.19 bits per heavy atom. The van der Waals surface area contributed by atoms with Gasteiger partial charge in [-0.15, -0.1) is 0 Å². The standard InChI is InChI=1S/C27H25FN4O4/c1-16-11-18(6-9-29-16)17-4-5-19(22(28)12-17)13-32-14-21(25-20(27(32)35)3-2-8-30-25)26(34)31-23-7-10-36-15-24(23)33/h2-6,8-9,11-12,14,23-24,33H,7,10,13,15H2,1H3,(H,31,34)/t23-,24-/m0/s1. The van der Waals surface area contributed by atoms with Crippen molar-refractivity contribution in [3.63, 3.8) is 0 Å². The molecule has 4 aromatic rings. The first kappa shape index (κ1) is 23.8. The minimum atomic E-state index is -0.829. The van der Waals surface area contributed by atoms with Crippen LogP contribution in [0.15, 0.2) is 65.8 Å². The summed E-state index contributed by atoms with van der Waals surface area (Å²) in [6.45, 7) is 2.36. The number of amides is 1. The molecule has 0 spiro atoms. The van der Waals surface area contributed by atoms with Crippen LogP contribution in [0.2, 0.25) is 0 Å². The molecule has 2 N–H and O–H groups in total. The summed E-state index contributed by atoms with van der Waals surface area (Å²) >= 11 is 0. The van der Waals surface area contributed by atoms with Gasteiger partial charge in [-0.1, -0.05) is 12.1 Å². The number of hydrogen-bond donors (Lipinski definition) is 2. The van der Waals surface area contributed by atoms with Gasteiger partial charge in [0.2, 0.25) is 0 Å². The highest BCUT2D eigenvalue weighted by Crippen LogP contribution is 2.23. The monoisotopic (exact) mass is 488 g/mol. The Bertz CT molecular complexity index is 1500. The Hall–Kier alpha value is -3.95. The molecule has 0 unspecified atom stereocenters. The van der Waals surface area contributed by atoms with E-state index in [0.717, 1.165) is 11.3 Å². The van der Waals surface area contributed by atoms with Gasteiger partial charge in [0.05, 0.1) is 41.8 Å². The SMILES string of the molecule is Cc1cc(-c2ccc(Cn3cc(C(=O)N[C@H]4CCOC[C@@H]4O)c4ncccc4c3=O)c(F)c2)ccn1. The number of fused-ring (bicyclic) bond motifs is 1. The molecule has 1 aliphatic heterocycles. The largest absolute Gasteiger partial charge is 0.389 e. The first-order valence-electron chi connectivity index (χ1n) is 11.7. The molecule has 3 aromatic heterocycles. The number of carbonyl (C=O) groups excluding carboxylic acids is 1. The lowest BCUT2D eigenvalue weighted by Crippen LogP contribution is -2.48. The number of aromatic nitrogens is 3. The molecule has 1 aliphatic rings. The Morgan fingerprint density at radius 2 is 2.03 bits per heavy atom. The number of nitrogens with one attached hydrogen (secondary N) is 1. The van der Waals surface area contributed by atoms with Crippen molar-refractivity contribution >= 4 is 16.8 Å². The molecule has 1 amide bonds. The van der Waals surface area contributed by atoms with Gasteiger partial charge in [-0.2, -0.15) is 0 Å². The molecule has 1 fully saturated rings. The van der Waals surface area contributed by atoms with Gasteiger partial charge in [0.1, 0.15) is 5.82 Å². The highest BCUT2D eigenvalue weighted by atomic mass is 19.1. The summed E-state index contributed by atoms with van der Waals surface area (Å²) in [5.74, 6) is -0.932. The molecule has 1 saturated heterocycles. The van der Waals surface area contributed by atoms with E-state index in [1.807, 2.05) is 19.1 Å². The highest BCUT2D eigenvalue weighted by Gasteiger charge is 2.27. The fourth-order valence-electron chi connectivity index (χ4n) is 4.41. The van der Waals surface area contributed by atoms with E-state index < -0.39 is 23.9 Å². The van der Waals surface area contributed by atoms with Crippen molar-refractivity contribution < 1.29 is 19.0 Å². The molecule has 4 heterocycles. The van der Waals surface area contributed by atoms with Crippen molar-refractivity contribution in [1.29, 1.82) is 0 Å². The van der Waals surface area contributed by atoms with Gasteiger partial charge in [-0.05, 0) is 54.8 Å². The van der Waals surface area contributed by atoms with Crippen LogP contribution in [0.3, 0.4) is 0 Å². The zero-order chi connectivity index (χ0) is 25.2. The van der Waals surface area contributed by atoms with Crippen molar-refractivity contribution in [3.8, 4) is 11.1 Å². The number of benzene rings is 1. The molecule has 0 aliphatic carbocycles. The van der Waals surface area contributed by atoms with E-state index in [1.54, 1.807) is 30.5 Å². The molecule has 36 heavy (non-hydrogen) atoms. The minimum Gasteiger partial charge on any atom is -0.389 e. The van der Waals surface area contributed by atoms with Crippen LogP contribution in [-0.4, -0.2) is 50.9 Å². The summed E-state index contributed by atoms with van der Waals surface area (Å²) in [7, 11) is 0. The first-order chi connectivity index (χ1) is 17.4. The Balaban J connectivity index is 1.49. The summed E-state index contributed by atoms with van der Waals surface area (Å²) in [5, 5.41) is 13.2. The number of halogens is 1. The average molecular weight is 489 g/mol. The number of ether oxygens (including phenoxy) is 1. The molecule has 184 valence electrons. The Labute approximate surface area is 206 Å². The third-order valence-corrected chi connectivity index (χ3v) is 6.35. The second-order valence-corrected chi connectivity index (χ2v) is 8.88. The molecule has 1 aromatic carbocycles. The maximum Gasteiger partial charge on any atom is 0.260 e. The fourth-order valence-corrected chi connectivity index (χ4v) is 4.41. The van der Waals surface area contributed by atoms with Crippen molar-refractivity contribution in [2.45, 2.75) is 32.0 Å². The lowest BCUT2D eigenvalue weighted by Gasteiger charge is -2.28. The number of rotatable bonds is 5. The number of hydrogen-bond acceptors (Lipinski definition) is 6. The molecule has 0 bridgehead atoms. The summed E-state index contributed by atoms with van der Waals surface area (Å²) < 4.78 is 21.7. The molecule has 0 radical (unpaired) electrons. The normalized spacial score (nSPS) is 17.8. The highest BCUT2D eigenvalue weighted by molar-refractivity contribution is 6.05. The predicted molar refractivity (Wildman–Crippen MR) is 132 cm³/mol. The molecule has 0 saturated carbocycles. The number of pyridine rings is 3. The van der Waals surface area contributed by atoms with E-state index in [2.05, 4.69) is 15.3 Å². The van der Waals surface area contributed by atoms with Crippen molar-refractivity contribution in [1.82, 2.24) is 19.9 Å². The van der Waals surface area contributed by atoms with Crippen LogP contribution in [0.25, 0.3) is 22.0 Å². The van der Waals surface area contributed by atoms with Gasteiger partial charge in [0.25, 0.3) is 11.5 Å². The van der Waals surface area contributed by atoms with Crippen LogP contribution in [0.1, 0.15) is 28.0 Å². The zero-order valence-electron chi connectivity index (χ0n) is 19.6. The second kappa shape index (κ2) is 9.96. The third-order valence-electron chi connectivity index (χ3n) is 6.35. The van der Waals surface area contributed by atoms with E-state index in [-0.39, 0.29) is 35.2 Å². The Morgan fingerprint density at radius 3 is 2.81 bits per heavy atom. The molecule has 8 nitrogen and oxygen atoms in total. The molecule has 9 heteroatoms. The zero-order valence-corrected chi connectivity index (χ0v) is 19.6. The van der Waals surface area contributed by atoms with Crippen LogP contribution < -0.4 is 10.9 Å². The fraction of sp³-hybridized carbons (Fsp3) is 0.259. The minimum absolute atomic E-state index is 0.0642. The van der Waals surface area contributed by atoms with Crippen molar-refractivity contribution in [2.75, 3.05) is 13.2 Å². The summed E-state index contributed by atoms with van der Waals surface area (Å²) in [4.78, 5) is 34.8. The second-order valence-electron chi connectivity index (χ2n) is 8.88. The van der Waals surface area contributed by atoms with Gasteiger partial charge in [-0.25, -0.2) is 4.39 Å². The summed E-state index contributed by atoms with van der Waals surface area (Å²) in [5.41, 5.74) is 2.72. The number of carbonyl (C=O) groups is 1. The molecular weight excluding hydrogens is 463 g/mol. The molecule has 5 rings (SSSR count). The van der Waals surface area contributed by atoms with Crippen LogP contribution in [0.5, 0.6) is 0 Å². The molecule has 2 atom stereocenters. The van der Waals surface area contributed by atoms with Crippen LogP contribution in [-0.2, 0) is 11.3 Å². The summed E-state index contributed by atoms with van der Waals surface area (Å²) in [6.07, 6.45) is 4.21. The number of aliphatic hydroxyl groups is 1. The van der Waals surface area contributed by atoms with Gasteiger partial charge >= 0.3 is 0 Å². The van der Waals surface area contributed by atoms with Crippen LogP contribution >= 0.6 is 0 Å². The van der Waals surface area contributed by atoms with E-state index in [0.29, 0.717) is 24.2 Å². The van der Waals surface area contributed by atoms with Gasteiger partial charge in [0.15, 0.2) is 0 Å².